The van der Waals surface area contributed by atoms with Crippen LogP contribution < -0.4 is 0 Å². The summed E-state index contributed by atoms with van der Waals surface area (Å²) in [6.45, 7) is 2.53. The van der Waals surface area contributed by atoms with Gasteiger partial charge in [-0.1, -0.05) is 12.1 Å². The van der Waals surface area contributed by atoms with Gasteiger partial charge < -0.3 is 4.57 Å². The summed E-state index contributed by atoms with van der Waals surface area (Å²) < 4.78 is 15.2. The van der Waals surface area contributed by atoms with Crippen LogP contribution in [0.25, 0.3) is 11.0 Å². The first-order valence-electron chi connectivity index (χ1n) is 5.75. The molecule has 2 aromatic heterocycles. The van der Waals surface area contributed by atoms with Crippen molar-refractivity contribution >= 4 is 11.0 Å². The van der Waals surface area contributed by atoms with Crippen LogP contribution in [0.2, 0.25) is 0 Å². The second-order valence-corrected chi connectivity index (χ2v) is 4.25. The number of benzene rings is 1. The summed E-state index contributed by atoms with van der Waals surface area (Å²) in [7, 11) is 0. The summed E-state index contributed by atoms with van der Waals surface area (Å²) in [6.07, 6.45) is 2.89. The van der Waals surface area contributed by atoms with Crippen LogP contribution >= 0.6 is 0 Å². The monoisotopic (exact) mass is 241 g/mol. The van der Waals surface area contributed by atoms with Gasteiger partial charge in [-0.15, -0.1) is 0 Å². The molecule has 0 unspecified atom stereocenters. The van der Waals surface area contributed by atoms with Gasteiger partial charge in [-0.3, -0.25) is 4.98 Å². The predicted octanol–water partition coefficient (Wildman–Crippen LogP) is 2.93. The van der Waals surface area contributed by atoms with Gasteiger partial charge >= 0.3 is 0 Å². The fraction of sp³-hybridized carbons (Fsp3) is 0.143. The fourth-order valence-electron chi connectivity index (χ4n) is 2.12. The summed E-state index contributed by atoms with van der Waals surface area (Å²) in [5.74, 6) is 0.607. The van der Waals surface area contributed by atoms with Crippen LogP contribution in [0.3, 0.4) is 0 Å². The van der Waals surface area contributed by atoms with Gasteiger partial charge in [0.25, 0.3) is 0 Å². The molecule has 90 valence electrons. The molecule has 3 nitrogen and oxygen atoms in total. The van der Waals surface area contributed by atoms with Crippen LogP contribution in [0.5, 0.6) is 0 Å². The lowest BCUT2D eigenvalue weighted by atomic mass is 10.2. The first-order chi connectivity index (χ1) is 8.74. The van der Waals surface area contributed by atoms with Crippen LogP contribution in [0.15, 0.2) is 42.7 Å². The molecule has 1 aromatic carbocycles. The quantitative estimate of drug-likeness (QED) is 0.690. The van der Waals surface area contributed by atoms with Crippen molar-refractivity contribution < 1.29 is 4.39 Å². The Morgan fingerprint density at radius 3 is 2.89 bits per heavy atom. The van der Waals surface area contributed by atoms with E-state index in [1.165, 1.54) is 12.3 Å². The average molecular weight is 241 g/mol. The van der Waals surface area contributed by atoms with Crippen LogP contribution in [0.4, 0.5) is 4.39 Å². The molecule has 0 aliphatic rings. The Morgan fingerprint density at radius 2 is 2.06 bits per heavy atom. The van der Waals surface area contributed by atoms with Crippen molar-refractivity contribution in [1.29, 1.82) is 0 Å². The SMILES string of the molecule is Cc1nc2ccccc2n1Cc1cncc(F)c1. The fourth-order valence-corrected chi connectivity index (χ4v) is 2.12. The molecule has 0 saturated heterocycles. The third-order valence-electron chi connectivity index (χ3n) is 2.95. The standard InChI is InChI=1S/C14H12FN3/c1-10-17-13-4-2-3-5-14(13)18(10)9-11-6-12(15)8-16-7-11/h2-8H,9H2,1H3. The number of pyridine rings is 1. The van der Waals surface area contributed by atoms with Crippen LogP contribution in [0.1, 0.15) is 11.4 Å². The third kappa shape index (κ3) is 1.86. The Bertz CT molecular complexity index is 703. The van der Waals surface area contributed by atoms with E-state index < -0.39 is 0 Å². The van der Waals surface area contributed by atoms with Gasteiger partial charge in [0.1, 0.15) is 11.6 Å². The summed E-state index contributed by atoms with van der Waals surface area (Å²) in [6, 6.07) is 9.43. The highest BCUT2D eigenvalue weighted by molar-refractivity contribution is 5.75. The summed E-state index contributed by atoms with van der Waals surface area (Å²) in [5, 5.41) is 0. The molecule has 4 heteroatoms. The molecule has 0 amide bonds. The van der Waals surface area contributed by atoms with E-state index in [0.29, 0.717) is 6.54 Å². The zero-order valence-electron chi connectivity index (χ0n) is 9.97. The molecule has 3 rings (SSSR count). The van der Waals surface area contributed by atoms with E-state index >= 15 is 0 Å². The van der Waals surface area contributed by atoms with Gasteiger partial charge in [-0.05, 0) is 30.7 Å². The number of halogens is 1. The number of hydrogen-bond acceptors (Lipinski definition) is 2. The summed E-state index contributed by atoms with van der Waals surface area (Å²) >= 11 is 0. The van der Waals surface area contributed by atoms with Crippen molar-refractivity contribution in [3.8, 4) is 0 Å². The summed E-state index contributed by atoms with van der Waals surface area (Å²) in [4.78, 5) is 8.35. The van der Waals surface area contributed by atoms with Gasteiger partial charge in [0, 0.05) is 6.20 Å². The molecule has 0 aliphatic carbocycles. The summed E-state index contributed by atoms with van der Waals surface area (Å²) in [5.41, 5.74) is 2.85. The van der Waals surface area contributed by atoms with Crippen molar-refractivity contribution in [2.45, 2.75) is 13.5 Å². The molecular formula is C14H12FN3. The molecule has 0 bridgehead atoms. The van der Waals surface area contributed by atoms with Crippen molar-refractivity contribution in [2.24, 2.45) is 0 Å². The van der Waals surface area contributed by atoms with Crippen molar-refractivity contribution in [2.75, 3.05) is 0 Å². The van der Waals surface area contributed by atoms with E-state index in [1.54, 1.807) is 6.20 Å². The number of hydrogen-bond donors (Lipinski definition) is 0. The van der Waals surface area contributed by atoms with Gasteiger partial charge in [-0.25, -0.2) is 9.37 Å². The minimum absolute atomic E-state index is 0.311. The first-order valence-corrected chi connectivity index (χ1v) is 5.75. The van der Waals surface area contributed by atoms with E-state index in [-0.39, 0.29) is 5.82 Å². The number of aryl methyl sites for hydroxylation is 1. The Hall–Kier alpha value is -2.23. The zero-order chi connectivity index (χ0) is 12.5. The number of aromatic nitrogens is 3. The maximum absolute atomic E-state index is 13.1. The Balaban J connectivity index is 2.07. The largest absolute Gasteiger partial charge is 0.324 e. The van der Waals surface area contributed by atoms with E-state index in [2.05, 4.69) is 14.5 Å². The molecule has 0 N–H and O–H groups in total. The third-order valence-corrected chi connectivity index (χ3v) is 2.95. The van der Waals surface area contributed by atoms with Crippen molar-refractivity contribution in [3.63, 3.8) is 0 Å². The lowest BCUT2D eigenvalue weighted by molar-refractivity contribution is 0.616. The lowest BCUT2D eigenvalue weighted by Gasteiger charge is -2.06. The second kappa shape index (κ2) is 4.22. The van der Waals surface area contributed by atoms with Gasteiger partial charge in [-0.2, -0.15) is 0 Å². The minimum Gasteiger partial charge on any atom is -0.324 e. The Labute approximate surface area is 104 Å². The molecule has 0 spiro atoms. The molecule has 0 atom stereocenters. The number of para-hydroxylation sites is 2. The zero-order valence-corrected chi connectivity index (χ0v) is 9.97. The Morgan fingerprint density at radius 1 is 1.22 bits per heavy atom. The van der Waals surface area contributed by atoms with Gasteiger partial charge in [0.05, 0.1) is 23.8 Å². The lowest BCUT2D eigenvalue weighted by Crippen LogP contribution is -2.02. The average Bonchev–Trinajstić information content (AvgIpc) is 2.66. The highest BCUT2D eigenvalue weighted by Crippen LogP contribution is 2.17. The van der Waals surface area contributed by atoms with Gasteiger partial charge in [0.15, 0.2) is 0 Å². The highest BCUT2D eigenvalue weighted by atomic mass is 19.1. The van der Waals surface area contributed by atoms with Crippen LogP contribution in [0, 0.1) is 12.7 Å². The first kappa shape index (κ1) is 10.9. The predicted molar refractivity (Wildman–Crippen MR) is 67.8 cm³/mol. The number of imidazole rings is 1. The normalized spacial score (nSPS) is 11.0. The molecular weight excluding hydrogens is 229 g/mol. The molecule has 2 heterocycles. The van der Waals surface area contributed by atoms with E-state index in [0.717, 1.165) is 22.4 Å². The number of rotatable bonds is 2. The minimum atomic E-state index is -0.311. The molecule has 0 radical (unpaired) electrons. The molecule has 0 fully saturated rings. The number of nitrogens with zero attached hydrogens (tertiary/aromatic N) is 3. The topological polar surface area (TPSA) is 30.7 Å². The van der Waals surface area contributed by atoms with Crippen LogP contribution in [-0.4, -0.2) is 14.5 Å². The van der Waals surface area contributed by atoms with Crippen LogP contribution in [-0.2, 0) is 6.54 Å². The Kier molecular flexibility index (Phi) is 2.55. The molecule has 18 heavy (non-hydrogen) atoms. The molecule has 3 aromatic rings. The van der Waals surface area contributed by atoms with Crippen molar-refractivity contribution in [3.05, 3.63) is 59.9 Å². The maximum atomic E-state index is 13.1. The molecule has 0 aliphatic heterocycles. The van der Waals surface area contributed by atoms with E-state index in [1.807, 2.05) is 31.2 Å². The smallest absolute Gasteiger partial charge is 0.141 e. The van der Waals surface area contributed by atoms with Crippen molar-refractivity contribution in [1.82, 2.24) is 14.5 Å². The number of fused-ring (bicyclic) bond motifs is 1. The van der Waals surface area contributed by atoms with Gasteiger partial charge in [0.2, 0.25) is 0 Å². The highest BCUT2D eigenvalue weighted by Gasteiger charge is 2.07. The van der Waals surface area contributed by atoms with E-state index in [4.69, 9.17) is 0 Å². The van der Waals surface area contributed by atoms with E-state index in [9.17, 15) is 4.39 Å². The maximum Gasteiger partial charge on any atom is 0.141 e. The molecule has 0 saturated carbocycles. The second-order valence-electron chi connectivity index (χ2n) is 4.25.